The first-order valence-electron chi connectivity index (χ1n) is 8.92. The minimum atomic E-state index is -3.96. The van der Waals surface area contributed by atoms with Crippen molar-refractivity contribution in [3.63, 3.8) is 0 Å². The van der Waals surface area contributed by atoms with E-state index in [0.717, 1.165) is 49.8 Å². The zero-order valence-corrected chi connectivity index (χ0v) is 16.6. The van der Waals surface area contributed by atoms with E-state index in [0.29, 0.717) is 5.56 Å². The minimum absolute atomic E-state index is 0.139. The monoisotopic (exact) mass is 393 g/mol. The number of anilines is 1. The van der Waals surface area contributed by atoms with Crippen molar-refractivity contribution in [1.82, 2.24) is 9.88 Å². The van der Waals surface area contributed by atoms with Gasteiger partial charge in [0.15, 0.2) is 0 Å². The largest absolute Gasteiger partial charge is 0.479 e. The van der Waals surface area contributed by atoms with Gasteiger partial charge >= 0.3 is 0 Å². The molecule has 27 heavy (non-hydrogen) atoms. The van der Waals surface area contributed by atoms with Gasteiger partial charge in [-0.3, -0.25) is 4.72 Å². The summed E-state index contributed by atoms with van der Waals surface area (Å²) in [6.45, 7) is 6.46. The predicted molar refractivity (Wildman–Crippen MR) is 102 cm³/mol. The molecule has 6 nitrogen and oxygen atoms in total. The molecule has 8 heteroatoms. The van der Waals surface area contributed by atoms with E-state index in [9.17, 15) is 12.8 Å². The zero-order valence-electron chi connectivity index (χ0n) is 15.8. The smallest absolute Gasteiger partial charge is 0.262 e. The number of aromatic nitrogens is 1. The average molecular weight is 393 g/mol. The molecule has 3 rings (SSSR count). The summed E-state index contributed by atoms with van der Waals surface area (Å²) in [6.07, 6.45) is 1.57. The Morgan fingerprint density at radius 3 is 2.67 bits per heavy atom. The molecule has 0 amide bonds. The number of rotatable bonds is 5. The highest BCUT2D eigenvalue weighted by molar-refractivity contribution is 7.92. The zero-order chi connectivity index (χ0) is 19.6. The van der Waals surface area contributed by atoms with Crippen molar-refractivity contribution in [3.8, 4) is 5.88 Å². The summed E-state index contributed by atoms with van der Waals surface area (Å²) >= 11 is 0. The van der Waals surface area contributed by atoms with E-state index in [-0.39, 0.29) is 16.5 Å². The number of likely N-dealkylation sites (N-methyl/N-ethyl adjacent to an activating group) is 1. The van der Waals surface area contributed by atoms with Gasteiger partial charge < -0.3 is 9.64 Å². The maximum atomic E-state index is 13.8. The Morgan fingerprint density at radius 2 is 2.00 bits per heavy atom. The van der Waals surface area contributed by atoms with Crippen molar-refractivity contribution in [1.29, 1.82) is 0 Å². The van der Waals surface area contributed by atoms with Gasteiger partial charge in [-0.15, -0.1) is 0 Å². The van der Waals surface area contributed by atoms with Crippen LogP contribution < -0.4 is 9.46 Å². The molecule has 1 aliphatic rings. The predicted octanol–water partition coefficient (Wildman–Crippen LogP) is 2.76. The van der Waals surface area contributed by atoms with Crippen molar-refractivity contribution >= 4 is 15.7 Å². The number of hydrogen-bond acceptors (Lipinski definition) is 5. The topological polar surface area (TPSA) is 71.5 Å². The van der Waals surface area contributed by atoms with E-state index in [4.69, 9.17) is 4.74 Å². The molecular formula is C19H24FN3O3S. The van der Waals surface area contributed by atoms with E-state index < -0.39 is 15.8 Å². The number of halogens is 1. The molecule has 0 aliphatic carbocycles. The van der Waals surface area contributed by atoms with Gasteiger partial charge in [-0.05, 0) is 49.2 Å². The van der Waals surface area contributed by atoms with Crippen LogP contribution in [0, 0.1) is 12.7 Å². The van der Waals surface area contributed by atoms with Crippen molar-refractivity contribution in [3.05, 3.63) is 46.9 Å². The Labute approximate surface area is 159 Å². The fourth-order valence-corrected chi connectivity index (χ4v) is 4.21. The molecule has 1 aliphatic heterocycles. The molecule has 1 aromatic carbocycles. The molecule has 1 N–H and O–H groups in total. The number of hydrogen-bond donors (Lipinski definition) is 1. The summed E-state index contributed by atoms with van der Waals surface area (Å²) in [5.74, 6) is -0.348. The van der Waals surface area contributed by atoms with Crippen LogP contribution in [0.15, 0.2) is 29.2 Å². The quantitative estimate of drug-likeness (QED) is 0.846. The lowest BCUT2D eigenvalue weighted by molar-refractivity contribution is 0.303. The van der Waals surface area contributed by atoms with E-state index in [1.54, 1.807) is 13.0 Å². The van der Waals surface area contributed by atoms with Crippen LogP contribution in [0.3, 0.4) is 0 Å². The van der Waals surface area contributed by atoms with Gasteiger partial charge in [0.25, 0.3) is 10.0 Å². The maximum Gasteiger partial charge on any atom is 0.262 e. The molecule has 1 aromatic heterocycles. The Balaban J connectivity index is 1.94. The number of sulfonamides is 1. The third-order valence-corrected chi connectivity index (χ3v) is 6.22. The lowest BCUT2D eigenvalue weighted by Crippen LogP contribution is -2.25. The number of fused-ring (bicyclic) bond motifs is 1. The number of pyridine rings is 1. The number of nitrogens with zero attached hydrogens (tertiary/aromatic N) is 2. The van der Waals surface area contributed by atoms with E-state index in [1.807, 2.05) is 0 Å². The van der Waals surface area contributed by atoms with Crippen molar-refractivity contribution in [2.75, 3.05) is 31.5 Å². The lowest BCUT2D eigenvalue weighted by Gasteiger charge is -2.15. The summed E-state index contributed by atoms with van der Waals surface area (Å²) in [5.41, 5.74) is 2.58. The van der Waals surface area contributed by atoms with E-state index in [2.05, 4.69) is 21.5 Å². The second kappa shape index (κ2) is 7.82. The molecular weight excluding hydrogens is 369 g/mol. The van der Waals surface area contributed by atoms with Crippen LogP contribution >= 0.6 is 0 Å². The molecule has 0 saturated heterocycles. The SMILES string of the molecule is CCN1CCc2cc(NS(=O)(=O)c3ccc(C)c(F)c3)c(OC)nc2CC1. The molecule has 0 bridgehead atoms. The fourth-order valence-electron chi connectivity index (χ4n) is 3.15. The molecule has 0 atom stereocenters. The first kappa shape index (κ1) is 19.6. The van der Waals surface area contributed by atoms with Crippen LogP contribution in [0.25, 0.3) is 0 Å². The van der Waals surface area contributed by atoms with Crippen LogP contribution in [-0.4, -0.2) is 45.0 Å². The van der Waals surface area contributed by atoms with Gasteiger partial charge in [-0.25, -0.2) is 17.8 Å². The van der Waals surface area contributed by atoms with Crippen molar-refractivity contribution in [2.24, 2.45) is 0 Å². The maximum absolute atomic E-state index is 13.8. The number of ether oxygens (including phenoxy) is 1. The van der Waals surface area contributed by atoms with Crippen molar-refractivity contribution in [2.45, 2.75) is 31.6 Å². The first-order chi connectivity index (χ1) is 12.8. The van der Waals surface area contributed by atoms with Crippen LogP contribution in [0.4, 0.5) is 10.1 Å². The van der Waals surface area contributed by atoms with E-state index in [1.165, 1.54) is 19.2 Å². The summed E-state index contributed by atoms with van der Waals surface area (Å²) in [7, 11) is -2.51. The number of nitrogens with one attached hydrogen (secondary N) is 1. The molecule has 0 saturated carbocycles. The van der Waals surface area contributed by atoms with Gasteiger partial charge in [0.1, 0.15) is 11.5 Å². The number of methoxy groups -OCH3 is 1. The van der Waals surface area contributed by atoms with Crippen LogP contribution in [0.5, 0.6) is 5.88 Å². The van der Waals surface area contributed by atoms with Crippen molar-refractivity contribution < 1.29 is 17.5 Å². The van der Waals surface area contributed by atoms with Gasteiger partial charge in [0, 0.05) is 25.2 Å². The molecule has 0 unspecified atom stereocenters. The molecule has 2 heterocycles. The molecule has 0 radical (unpaired) electrons. The highest BCUT2D eigenvalue weighted by Crippen LogP contribution is 2.29. The second-order valence-electron chi connectivity index (χ2n) is 6.60. The third kappa shape index (κ3) is 4.22. The molecule has 0 spiro atoms. The molecule has 146 valence electrons. The first-order valence-corrected chi connectivity index (χ1v) is 10.4. The Morgan fingerprint density at radius 1 is 1.26 bits per heavy atom. The van der Waals surface area contributed by atoms with Gasteiger partial charge in [0.2, 0.25) is 5.88 Å². The van der Waals surface area contributed by atoms with E-state index >= 15 is 0 Å². The van der Waals surface area contributed by atoms with Gasteiger partial charge in [0.05, 0.1) is 12.0 Å². The second-order valence-corrected chi connectivity index (χ2v) is 8.28. The number of aryl methyl sites for hydroxylation is 1. The Kier molecular flexibility index (Phi) is 5.67. The Hall–Kier alpha value is -2.19. The summed E-state index contributed by atoms with van der Waals surface area (Å²) in [6, 6.07) is 5.61. The van der Waals surface area contributed by atoms with Crippen LogP contribution in [0.2, 0.25) is 0 Å². The molecule has 2 aromatic rings. The van der Waals surface area contributed by atoms with Crippen LogP contribution in [0.1, 0.15) is 23.7 Å². The summed E-state index contributed by atoms with van der Waals surface area (Å²) in [4.78, 5) is 6.71. The van der Waals surface area contributed by atoms with Gasteiger partial charge in [-0.2, -0.15) is 0 Å². The lowest BCUT2D eigenvalue weighted by atomic mass is 10.1. The normalized spacial score (nSPS) is 15.1. The summed E-state index contributed by atoms with van der Waals surface area (Å²) < 4.78 is 47.0. The number of benzene rings is 1. The fraction of sp³-hybridized carbons (Fsp3) is 0.421. The van der Waals surface area contributed by atoms with Crippen LogP contribution in [-0.2, 0) is 22.9 Å². The summed E-state index contributed by atoms with van der Waals surface area (Å²) in [5, 5.41) is 0. The standard InChI is InChI=1S/C19H24FN3O3S/c1-4-23-9-7-14-11-18(19(26-3)21-17(14)8-10-23)22-27(24,25)15-6-5-13(2)16(20)12-15/h5-6,11-12,22H,4,7-10H2,1-3H3. The minimum Gasteiger partial charge on any atom is -0.479 e. The highest BCUT2D eigenvalue weighted by atomic mass is 32.2. The Bertz CT molecular complexity index is 947. The highest BCUT2D eigenvalue weighted by Gasteiger charge is 2.22. The molecule has 0 fully saturated rings. The average Bonchev–Trinajstić information content (AvgIpc) is 2.84. The third-order valence-electron chi connectivity index (χ3n) is 4.86. The van der Waals surface area contributed by atoms with Gasteiger partial charge in [-0.1, -0.05) is 13.0 Å².